The molecule has 0 aliphatic carbocycles. The molecule has 0 amide bonds. The second kappa shape index (κ2) is 6.89. The number of hydrogen-bond donors (Lipinski definition) is 4. The molecule has 0 aromatic rings. The average Bonchev–Trinajstić information content (AvgIpc) is 2.13. The lowest BCUT2D eigenvalue weighted by molar-refractivity contribution is -0.213. The average molecular weight is 260 g/mol. The predicted molar refractivity (Wildman–Crippen MR) is 38.3 cm³/mol. The Morgan fingerprint density at radius 1 is 0.688 bits per heavy atom. The van der Waals surface area contributed by atoms with Crippen molar-refractivity contribution in [2.75, 3.05) is 13.2 Å². The molecular weight excluding hydrogens is 250 g/mol. The fourth-order valence-electron chi connectivity index (χ4n) is 0.207. The van der Waals surface area contributed by atoms with Crippen LogP contribution < -0.4 is 0 Å². The van der Waals surface area contributed by atoms with Gasteiger partial charge >= 0.3 is 12.4 Å². The van der Waals surface area contributed by atoms with E-state index in [4.69, 9.17) is 20.4 Å². The molecule has 0 saturated carbocycles. The number of alkyl halides is 6. The minimum atomic E-state index is -4.69. The molecule has 2 unspecified atom stereocenters. The van der Waals surface area contributed by atoms with Crippen molar-refractivity contribution < 1.29 is 46.8 Å². The molecule has 10 heteroatoms. The molecule has 2 atom stereocenters. The van der Waals surface area contributed by atoms with Gasteiger partial charge in [0.25, 0.3) is 0 Å². The maximum atomic E-state index is 11.0. The maximum Gasteiger partial charge on any atom is 0.416 e. The molecule has 100 valence electrons. The highest BCUT2D eigenvalue weighted by molar-refractivity contribution is 4.61. The first-order valence-corrected chi connectivity index (χ1v) is 3.68. The summed E-state index contributed by atoms with van der Waals surface area (Å²) < 4.78 is 66.2. The van der Waals surface area contributed by atoms with E-state index in [-0.39, 0.29) is 0 Å². The first-order valence-electron chi connectivity index (χ1n) is 3.68. The molecule has 0 aliphatic heterocycles. The summed E-state index contributed by atoms with van der Waals surface area (Å²) in [6.45, 7) is -2.55. The van der Waals surface area contributed by atoms with E-state index in [2.05, 4.69) is 0 Å². The SMILES string of the molecule is OCC(O)C(F)(F)F.OCC(O)C(F)(F)F. The lowest BCUT2D eigenvalue weighted by Gasteiger charge is -2.09. The van der Waals surface area contributed by atoms with Crippen molar-refractivity contribution in [3.05, 3.63) is 0 Å². The highest BCUT2D eigenvalue weighted by Gasteiger charge is 2.37. The van der Waals surface area contributed by atoms with E-state index < -0.39 is 37.8 Å². The van der Waals surface area contributed by atoms with Crippen LogP contribution in [0.2, 0.25) is 0 Å². The Morgan fingerprint density at radius 2 is 0.875 bits per heavy atom. The molecule has 0 aromatic carbocycles. The van der Waals surface area contributed by atoms with Gasteiger partial charge < -0.3 is 20.4 Å². The van der Waals surface area contributed by atoms with E-state index >= 15 is 0 Å². The van der Waals surface area contributed by atoms with Gasteiger partial charge in [0.05, 0.1) is 13.2 Å². The number of hydrogen-bond acceptors (Lipinski definition) is 4. The van der Waals surface area contributed by atoms with Crippen LogP contribution in [0.4, 0.5) is 26.3 Å². The molecular formula is C6H10F6O4. The number of rotatable bonds is 2. The van der Waals surface area contributed by atoms with Gasteiger partial charge in [-0.3, -0.25) is 0 Å². The molecule has 0 heterocycles. The van der Waals surface area contributed by atoms with Gasteiger partial charge in [0.15, 0.2) is 12.2 Å². The van der Waals surface area contributed by atoms with Gasteiger partial charge in [0, 0.05) is 0 Å². The van der Waals surface area contributed by atoms with E-state index in [9.17, 15) is 26.3 Å². The standard InChI is InChI=1S/2C3H5F3O2/c2*4-3(5,6)2(8)1-7/h2*2,7-8H,1H2. The van der Waals surface area contributed by atoms with Gasteiger partial charge in [-0.25, -0.2) is 0 Å². The van der Waals surface area contributed by atoms with Crippen molar-refractivity contribution in [1.82, 2.24) is 0 Å². The fourth-order valence-corrected chi connectivity index (χ4v) is 0.207. The Morgan fingerprint density at radius 3 is 0.875 bits per heavy atom. The van der Waals surface area contributed by atoms with E-state index in [1.54, 1.807) is 0 Å². The van der Waals surface area contributed by atoms with E-state index in [0.29, 0.717) is 0 Å². The largest absolute Gasteiger partial charge is 0.416 e. The van der Waals surface area contributed by atoms with E-state index in [0.717, 1.165) is 0 Å². The monoisotopic (exact) mass is 260 g/mol. The summed E-state index contributed by atoms with van der Waals surface area (Å²) >= 11 is 0. The van der Waals surface area contributed by atoms with Crippen LogP contribution in [0.5, 0.6) is 0 Å². The third-order valence-electron chi connectivity index (χ3n) is 1.10. The first kappa shape index (κ1) is 17.8. The van der Waals surface area contributed by atoms with Crippen LogP contribution >= 0.6 is 0 Å². The molecule has 4 nitrogen and oxygen atoms in total. The van der Waals surface area contributed by atoms with Crippen LogP contribution in [0.1, 0.15) is 0 Å². The molecule has 0 saturated heterocycles. The molecule has 0 fully saturated rings. The Hall–Kier alpha value is -0.580. The number of aliphatic hydroxyl groups excluding tert-OH is 4. The highest BCUT2D eigenvalue weighted by Crippen LogP contribution is 2.19. The smallest absolute Gasteiger partial charge is 0.393 e. The normalized spacial score (nSPS) is 16.1. The topological polar surface area (TPSA) is 80.9 Å². The number of aliphatic hydroxyl groups is 4. The predicted octanol–water partition coefficient (Wildman–Crippen LogP) is -0.196. The summed E-state index contributed by atoms with van der Waals surface area (Å²) in [5, 5.41) is 31.0. The zero-order chi connectivity index (χ0) is 13.6. The zero-order valence-corrected chi connectivity index (χ0v) is 7.63. The summed E-state index contributed by atoms with van der Waals surface area (Å²) in [6.07, 6.45) is -14.6. The van der Waals surface area contributed by atoms with Gasteiger partial charge in [-0.05, 0) is 0 Å². The maximum absolute atomic E-state index is 11.0. The Balaban J connectivity index is 0. The first-order chi connectivity index (χ1) is 6.96. The number of halogens is 6. The molecule has 0 bridgehead atoms. The molecule has 0 rings (SSSR count). The van der Waals surface area contributed by atoms with Crippen LogP contribution in [-0.4, -0.2) is 58.2 Å². The van der Waals surface area contributed by atoms with Crippen LogP contribution in [0.3, 0.4) is 0 Å². The summed E-state index contributed by atoms with van der Waals surface area (Å²) in [4.78, 5) is 0. The minimum Gasteiger partial charge on any atom is -0.393 e. The highest BCUT2D eigenvalue weighted by atomic mass is 19.4. The van der Waals surface area contributed by atoms with Crippen molar-refractivity contribution in [2.45, 2.75) is 24.6 Å². The molecule has 0 radical (unpaired) electrons. The van der Waals surface area contributed by atoms with Crippen molar-refractivity contribution in [3.8, 4) is 0 Å². The third-order valence-corrected chi connectivity index (χ3v) is 1.10. The quantitative estimate of drug-likeness (QED) is 0.518. The van der Waals surface area contributed by atoms with Crippen LogP contribution in [-0.2, 0) is 0 Å². The van der Waals surface area contributed by atoms with E-state index in [1.807, 2.05) is 0 Å². The van der Waals surface area contributed by atoms with E-state index in [1.165, 1.54) is 0 Å². The Labute approximate surface area is 85.7 Å². The second-order valence-electron chi connectivity index (χ2n) is 2.48. The third kappa shape index (κ3) is 8.71. The van der Waals surface area contributed by atoms with Crippen molar-refractivity contribution in [3.63, 3.8) is 0 Å². The van der Waals surface area contributed by atoms with Gasteiger partial charge in [0.1, 0.15) is 0 Å². The van der Waals surface area contributed by atoms with Crippen molar-refractivity contribution >= 4 is 0 Å². The fraction of sp³-hybridized carbons (Fsp3) is 1.00. The minimum absolute atomic E-state index is 1.27. The zero-order valence-electron chi connectivity index (χ0n) is 7.63. The molecule has 4 N–H and O–H groups in total. The summed E-state index contributed by atoms with van der Waals surface area (Å²) in [6, 6.07) is 0. The molecule has 0 aromatic heterocycles. The Bertz CT molecular complexity index is 159. The molecule has 16 heavy (non-hydrogen) atoms. The molecule has 0 spiro atoms. The summed E-state index contributed by atoms with van der Waals surface area (Å²) in [5.41, 5.74) is 0. The van der Waals surface area contributed by atoms with Crippen LogP contribution in [0.25, 0.3) is 0 Å². The van der Waals surface area contributed by atoms with Crippen LogP contribution in [0, 0.1) is 0 Å². The van der Waals surface area contributed by atoms with Gasteiger partial charge in [-0.2, -0.15) is 26.3 Å². The van der Waals surface area contributed by atoms with Gasteiger partial charge in [0.2, 0.25) is 0 Å². The second-order valence-corrected chi connectivity index (χ2v) is 2.48. The lowest BCUT2D eigenvalue weighted by Crippen LogP contribution is -2.31. The van der Waals surface area contributed by atoms with Crippen molar-refractivity contribution in [2.24, 2.45) is 0 Å². The van der Waals surface area contributed by atoms with Gasteiger partial charge in [-0.15, -0.1) is 0 Å². The van der Waals surface area contributed by atoms with Crippen LogP contribution in [0.15, 0.2) is 0 Å². The van der Waals surface area contributed by atoms with Crippen molar-refractivity contribution in [1.29, 1.82) is 0 Å². The summed E-state index contributed by atoms with van der Waals surface area (Å²) in [7, 11) is 0. The summed E-state index contributed by atoms with van der Waals surface area (Å²) in [5.74, 6) is 0. The molecule has 0 aliphatic rings. The van der Waals surface area contributed by atoms with Gasteiger partial charge in [-0.1, -0.05) is 0 Å². The Kier molecular flexibility index (Phi) is 7.66. The lowest BCUT2D eigenvalue weighted by atomic mass is 10.4.